The van der Waals surface area contributed by atoms with Crippen LogP contribution in [0.25, 0.3) is 11.6 Å². The molecule has 120 valence electrons. The predicted octanol–water partition coefficient (Wildman–Crippen LogP) is -0.151. The Kier molecular flexibility index (Phi) is 3.34. The van der Waals surface area contributed by atoms with Crippen molar-refractivity contribution >= 4 is 5.91 Å². The van der Waals surface area contributed by atoms with Gasteiger partial charge >= 0.3 is 0 Å². The average Bonchev–Trinajstić information content (AvgIpc) is 3.04. The lowest BCUT2D eigenvalue weighted by Gasteiger charge is -2.36. The lowest BCUT2D eigenvalue weighted by atomic mass is 9.99. The molecule has 0 aromatic carbocycles. The summed E-state index contributed by atoms with van der Waals surface area (Å²) in [5.41, 5.74) is -0.161. The van der Waals surface area contributed by atoms with Gasteiger partial charge in [-0.15, -0.1) is 0 Å². The molecule has 4 rings (SSSR count). The molecule has 24 heavy (non-hydrogen) atoms. The van der Waals surface area contributed by atoms with Crippen LogP contribution in [-0.4, -0.2) is 54.2 Å². The third-order valence-electron chi connectivity index (χ3n) is 3.62. The molecule has 0 unspecified atom stereocenters. The fourth-order valence-electron chi connectivity index (χ4n) is 2.33. The SMILES string of the molecule is O=C(c1ccc(=O)[nH]n1)N1CC(c2nc(-c3ncccn3)no2)C1. The summed E-state index contributed by atoms with van der Waals surface area (Å²) in [4.78, 5) is 37.2. The zero-order valence-corrected chi connectivity index (χ0v) is 12.3. The van der Waals surface area contributed by atoms with Crippen molar-refractivity contribution in [3.8, 4) is 11.6 Å². The van der Waals surface area contributed by atoms with Gasteiger partial charge in [-0.2, -0.15) is 10.1 Å². The summed E-state index contributed by atoms with van der Waals surface area (Å²) in [5.74, 6) is 0.848. The molecule has 1 aliphatic rings. The monoisotopic (exact) mass is 325 g/mol. The standard InChI is InChI=1S/C14H11N7O3/c22-10-3-2-9(18-19-10)14(23)21-6-8(7-21)13-17-12(20-24-13)11-15-4-1-5-16-11/h1-5,8H,6-7H2,(H,19,22). The van der Waals surface area contributed by atoms with E-state index in [1.165, 1.54) is 12.1 Å². The summed E-state index contributed by atoms with van der Waals surface area (Å²) in [6.45, 7) is 0.883. The summed E-state index contributed by atoms with van der Waals surface area (Å²) < 4.78 is 5.23. The van der Waals surface area contributed by atoms with Crippen molar-refractivity contribution in [2.24, 2.45) is 0 Å². The molecule has 1 fully saturated rings. The van der Waals surface area contributed by atoms with Crippen LogP contribution >= 0.6 is 0 Å². The number of nitrogens with zero attached hydrogens (tertiary/aromatic N) is 6. The van der Waals surface area contributed by atoms with Crippen molar-refractivity contribution < 1.29 is 9.32 Å². The van der Waals surface area contributed by atoms with Gasteiger partial charge in [0.2, 0.25) is 17.5 Å². The van der Waals surface area contributed by atoms with Crippen molar-refractivity contribution in [2.75, 3.05) is 13.1 Å². The first-order chi connectivity index (χ1) is 11.7. The first kappa shape index (κ1) is 14.2. The number of carbonyl (C=O) groups is 1. The van der Waals surface area contributed by atoms with Crippen molar-refractivity contribution in [1.29, 1.82) is 0 Å². The zero-order chi connectivity index (χ0) is 16.5. The van der Waals surface area contributed by atoms with E-state index in [9.17, 15) is 9.59 Å². The van der Waals surface area contributed by atoms with E-state index >= 15 is 0 Å². The van der Waals surface area contributed by atoms with Crippen molar-refractivity contribution in [1.82, 2.24) is 35.2 Å². The number of hydrogen-bond donors (Lipinski definition) is 1. The van der Waals surface area contributed by atoms with Crippen LogP contribution in [0.2, 0.25) is 0 Å². The number of carbonyl (C=O) groups excluding carboxylic acids is 1. The van der Waals surface area contributed by atoms with Crippen LogP contribution in [0.5, 0.6) is 0 Å². The maximum Gasteiger partial charge on any atom is 0.274 e. The molecule has 1 saturated heterocycles. The topological polar surface area (TPSA) is 131 Å². The first-order valence-electron chi connectivity index (χ1n) is 7.17. The molecule has 0 radical (unpaired) electrons. The van der Waals surface area contributed by atoms with Gasteiger partial charge in [-0.3, -0.25) is 9.59 Å². The van der Waals surface area contributed by atoms with Gasteiger partial charge in [-0.05, 0) is 12.1 Å². The van der Waals surface area contributed by atoms with Crippen LogP contribution in [0.1, 0.15) is 22.3 Å². The van der Waals surface area contributed by atoms with Crippen LogP contribution in [0.4, 0.5) is 0 Å². The number of aromatic nitrogens is 6. The molecule has 10 nitrogen and oxygen atoms in total. The molecule has 1 amide bonds. The molecule has 3 aromatic rings. The molecule has 3 aromatic heterocycles. The van der Waals surface area contributed by atoms with E-state index in [1.807, 2.05) is 0 Å². The number of rotatable bonds is 3. The Bertz CT molecular complexity index is 910. The van der Waals surface area contributed by atoms with Gasteiger partial charge in [0.25, 0.3) is 11.5 Å². The van der Waals surface area contributed by atoms with Gasteiger partial charge < -0.3 is 9.42 Å². The number of nitrogens with one attached hydrogen (secondary N) is 1. The lowest BCUT2D eigenvalue weighted by Crippen LogP contribution is -2.49. The van der Waals surface area contributed by atoms with Gasteiger partial charge in [0, 0.05) is 31.5 Å². The normalized spacial score (nSPS) is 14.4. The molecule has 0 spiro atoms. The van der Waals surface area contributed by atoms with E-state index in [1.54, 1.807) is 23.4 Å². The molecule has 10 heteroatoms. The Morgan fingerprint density at radius 3 is 2.71 bits per heavy atom. The second-order valence-electron chi connectivity index (χ2n) is 5.24. The number of likely N-dealkylation sites (tertiary alicyclic amines) is 1. The molecular formula is C14H11N7O3. The van der Waals surface area contributed by atoms with Crippen molar-refractivity contribution in [3.05, 3.63) is 52.5 Å². The van der Waals surface area contributed by atoms with Crippen molar-refractivity contribution in [2.45, 2.75) is 5.92 Å². The first-order valence-corrected chi connectivity index (χ1v) is 7.17. The number of hydrogen-bond acceptors (Lipinski definition) is 8. The zero-order valence-electron chi connectivity index (χ0n) is 12.3. The van der Waals surface area contributed by atoms with Crippen LogP contribution in [0.15, 0.2) is 39.9 Å². The summed E-state index contributed by atoms with van der Waals surface area (Å²) >= 11 is 0. The Morgan fingerprint density at radius 2 is 2.00 bits per heavy atom. The highest BCUT2D eigenvalue weighted by Crippen LogP contribution is 2.27. The fraction of sp³-hybridized carbons (Fsp3) is 0.214. The second-order valence-corrected chi connectivity index (χ2v) is 5.24. The minimum absolute atomic E-state index is 0.0401. The van der Waals surface area contributed by atoms with E-state index < -0.39 is 0 Å². The quantitative estimate of drug-likeness (QED) is 0.703. The van der Waals surface area contributed by atoms with Gasteiger partial charge in [0.1, 0.15) is 5.69 Å². The Morgan fingerprint density at radius 1 is 1.21 bits per heavy atom. The Balaban J connectivity index is 1.43. The fourth-order valence-corrected chi connectivity index (χ4v) is 2.33. The van der Waals surface area contributed by atoms with Crippen LogP contribution < -0.4 is 5.56 Å². The van der Waals surface area contributed by atoms with Crippen LogP contribution in [0, 0.1) is 0 Å². The molecule has 1 aliphatic heterocycles. The highest BCUT2D eigenvalue weighted by atomic mass is 16.5. The Hall–Kier alpha value is -3.43. The third-order valence-corrected chi connectivity index (χ3v) is 3.62. The van der Waals surface area contributed by atoms with E-state index in [2.05, 4.69) is 30.3 Å². The highest BCUT2D eigenvalue weighted by Gasteiger charge is 2.36. The van der Waals surface area contributed by atoms with Crippen molar-refractivity contribution in [3.63, 3.8) is 0 Å². The summed E-state index contributed by atoms with van der Waals surface area (Å²) in [6, 6.07) is 4.36. The largest absolute Gasteiger partial charge is 0.338 e. The summed E-state index contributed by atoms with van der Waals surface area (Å²) in [5, 5.41) is 9.83. The summed E-state index contributed by atoms with van der Waals surface area (Å²) in [7, 11) is 0. The molecule has 0 atom stereocenters. The maximum absolute atomic E-state index is 12.2. The molecule has 0 aliphatic carbocycles. The molecule has 4 heterocycles. The molecule has 0 bridgehead atoms. The third kappa shape index (κ3) is 2.53. The average molecular weight is 325 g/mol. The summed E-state index contributed by atoms with van der Waals surface area (Å²) in [6.07, 6.45) is 3.19. The Labute approximate surface area is 134 Å². The van der Waals surface area contributed by atoms with Gasteiger partial charge in [-0.1, -0.05) is 5.16 Å². The number of aromatic amines is 1. The van der Waals surface area contributed by atoms with Gasteiger partial charge in [0.15, 0.2) is 0 Å². The van der Waals surface area contributed by atoms with Crippen LogP contribution in [0.3, 0.4) is 0 Å². The highest BCUT2D eigenvalue weighted by molar-refractivity contribution is 5.92. The number of H-pyrrole nitrogens is 1. The number of amides is 1. The van der Waals surface area contributed by atoms with Gasteiger partial charge in [-0.25, -0.2) is 15.1 Å². The lowest BCUT2D eigenvalue weighted by molar-refractivity contribution is 0.0562. The predicted molar refractivity (Wildman–Crippen MR) is 78.8 cm³/mol. The smallest absolute Gasteiger partial charge is 0.274 e. The minimum Gasteiger partial charge on any atom is -0.338 e. The van der Waals surface area contributed by atoms with E-state index in [-0.39, 0.29) is 23.1 Å². The van der Waals surface area contributed by atoms with E-state index in [0.717, 1.165) is 0 Å². The second kappa shape index (κ2) is 5.65. The maximum atomic E-state index is 12.2. The molecule has 0 saturated carbocycles. The molecular weight excluding hydrogens is 314 g/mol. The van der Waals surface area contributed by atoms with Gasteiger partial charge in [0.05, 0.1) is 5.92 Å². The van der Waals surface area contributed by atoms with Crippen LogP contribution in [-0.2, 0) is 0 Å². The minimum atomic E-state index is -0.352. The van der Waals surface area contributed by atoms with E-state index in [4.69, 9.17) is 4.52 Å². The molecule has 1 N–H and O–H groups in total. The van der Waals surface area contributed by atoms with E-state index in [0.29, 0.717) is 30.6 Å².